The molecule has 0 fully saturated rings. The molecule has 2 rings (SSSR count). The first kappa shape index (κ1) is 11.1. The molecule has 0 aliphatic heterocycles. The number of halogens is 1. The average Bonchev–Trinajstić information content (AvgIpc) is 2.28. The fourth-order valence-electron chi connectivity index (χ4n) is 1.56. The zero-order valence-corrected chi connectivity index (χ0v) is 8.78. The van der Waals surface area contributed by atoms with Crippen LogP contribution >= 0.6 is 0 Å². The lowest BCUT2D eigenvalue weighted by atomic mass is 10.1. The Morgan fingerprint density at radius 3 is 2.71 bits per heavy atom. The number of ether oxygens (including phenoxy) is 1. The molecule has 6 heteroatoms. The van der Waals surface area contributed by atoms with Crippen molar-refractivity contribution in [2.75, 3.05) is 7.11 Å². The Kier molecular flexibility index (Phi) is 2.55. The molecule has 0 amide bonds. The van der Waals surface area contributed by atoms with Crippen LogP contribution in [0.1, 0.15) is 10.5 Å². The van der Waals surface area contributed by atoms with Crippen molar-refractivity contribution in [3.63, 3.8) is 0 Å². The van der Waals surface area contributed by atoms with Gasteiger partial charge in [-0.3, -0.25) is 4.79 Å². The first-order chi connectivity index (χ1) is 8.02. The fourth-order valence-corrected chi connectivity index (χ4v) is 1.56. The van der Waals surface area contributed by atoms with Crippen LogP contribution in [0.5, 0.6) is 5.75 Å². The van der Waals surface area contributed by atoms with E-state index in [0.717, 1.165) is 18.2 Å². The Labute approximate surface area is 94.5 Å². The molecular formula is C11H8FNO4. The lowest BCUT2D eigenvalue weighted by Crippen LogP contribution is -2.10. The Balaban J connectivity index is 2.91. The Bertz CT molecular complexity index is 662. The summed E-state index contributed by atoms with van der Waals surface area (Å²) in [5, 5.41) is 8.85. The lowest BCUT2D eigenvalue weighted by Gasteiger charge is -2.06. The first-order valence-corrected chi connectivity index (χ1v) is 4.67. The van der Waals surface area contributed by atoms with Crippen molar-refractivity contribution in [1.29, 1.82) is 0 Å². The number of rotatable bonds is 2. The van der Waals surface area contributed by atoms with E-state index in [-0.39, 0.29) is 22.3 Å². The molecule has 17 heavy (non-hydrogen) atoms. The molecule has 0 bridgehead atoms. The minimum Gasteiger partial charge on any atom is -0.494 e. The van der Waals surface area contributed by atoms with E-state index in [1.54, 1.807) is 0 Å². The van der Waals surface area contributed by atoms with Crippen LogP contribution in [0.15, 0.2) is 23.0 Å². The predicted molar refractivity (Wildman–Crippen MR) is 58.0 cm³/mol. The molecule has 2 N–H and O–H groups in total. The van der Waals surface area contributed by atoms with E-state index in [9.17, 15) is 14.0 Å². The van der Waals surface area contributed by atoms with Crippen LogP contribution in [0.4, 0.5) is 4.39 Å². The number of nitrogens with one attached hydrogen (secondary N) is 1. The Morgan fingerprint density at radius 2 is 2.12 bits per heavy atom. The van der Waals surface area contributed by atoms with Crippen molar-refractivity contribution >= 4 is 16.9 Å². The maximum Gasteiger partial charge on any atom is 0.352 e. The van der Waals surface area contributed by atoms with Gasteiger partial charge in [-0.15, -0.1) is 0 Å². The topological polar surface area (TPSA) is 79.4 Å². The van der Waals surface area contributed by atoms with Gasteiger partial charge in [0.25, 0.3) is 0 Å². The van der Waals surface area contributed by atoms with Crippen molar-refractivity contribution in [3.8, 4) is 5.75 Å². The number of pyridine rings is 1. The van der Waals surface area contributed by atoms with E-state index in [1.807, 2.05) is 0 Å². The van der Waals surface area contributed by atoms with Crippen molar-refractivity contribution in [2.24, 2.45) is 0 Å². The molecule has 2 aromatic rings. The van der Waals surface area contributed by atoms with Crippen LogP contribution in [0, 0.1) is 5.82 Å². The largest absolute Gasteiger partial charge is 0.494 e. The summed E-state index contributed by atoms with van der Waals surface area (Å²) >= 11 is 0. The normalized spacial score (nSPS) is 10.5. The molecule has 1 aromatic heterocycles. The van der Waals surface area contributed by atoms with Crippen LogP contribution in [0.2, 0.25) is 0 Å². The molecule has 1 aromatic carbocycles. The number of carboxylic acids is 1. The van der Waals surface area contributed by atoms with Gasteiger partial charge < -0.3 is 14.8 Å². The highest BCUT2D eigenvalue weighted by Crippen LogP contribution is 2.23. The maximum atomic E-state index is 13.2. The molecule has 0 spiro atoms. The smallest absolute Gasteiger partial charge is 0.352 e. The summed E-state index contributed by atoms with van der Waals surface area (Å²) in [6, 6.07) is 3.01. The minimum atomic E-state index is -1.27. The van der Waals surface area contributed by atoms with Gasteiger partial charge >= 0.3 is 5.97 Å². The number of methoxy groups -OCH3 is 1. The predicted octanol–water partition coefficient (Wildman–Crippen LogP) is 1.37. The fraction of sp³-hybridized carbons (Fsp3) is 0.0909. The number of carbonyl (C=O) groups is 1. The maximum absolute atomic E-state index is 13.2. The summed E-state index contributed by atoms with van der Waals surface area (Å²) in [6.07, 6.45) is 0. The van der Waals surface area contributed by atoms with E-state index in [1.165, 1.54) is 7.11 Å². The Morgan fingerprint density at radius 1 is 1.41 bits per heavy atom. The summed E-state index contributed by atoms with van der Waals surface area (Å²) in [7, 11) is 1.31. The van der Waals surface area contributed by atoms with E-state index in [0.29, 0.717) is 0 Å². The van der Waals surface area contributed by atoms with Gasteiger partial charge in [0.2, 0.25) is 0 Å². The van der Waals surface area contributed by atoms with Crippen LogP contribution in [0.25, 0.3) is 10.9 Å². The number of aromatic carboxylic acids is 1. The van der Waals surface area contributed by atoms with Gasteiger partial charge in [0, 0.05) is 12.1 Å². The minimum absolute atomic E-state index is 0.0480. The average molecular weight is 237 g/mol. The number of carboxylic acid groups (broad SMARTS) is 1. The van der Waals surface area contributed by atoms with Gasteiger partial charge in [0.05, 0.1) is 18.0 Å². The van der Waals surface area contributed by atoms with Gasteiger partial charge in [-0.05, 0) is 6.07 Å². The lowest BCUT2D eigenvalue weighted by molar-refractivity contribution is 0.0691. The van der Waals surface area contributed by atoms with E-state index < -0.39 is 17.2 Å². The van der Waals surface area contributed by atoms with Crippen LogP contribution in [-0.4, -0.2) is 23.2 Å². The number of aromatic nitrogens is 1. The van der Waals surface area contributed by atoms with E-state index >= 15 is 0 Å². The second-order valence-electron chi connectivity index (χ2n) is 3.38. The molecule has 88 valence electrons. The van der Waals surface area contributed by atoms with Gasteiger partial charge in [0.1, 0.15) is 17.3 Å². The SMILES string of the molecule is COc1cc(F)cc2c(=O)cc(C(=O)O)[nH]c12. The van der Waals surface area contributed by atoms with Gasteiger partial charge in [-0.25, -0.2) is 9.18 Å². The number of fused-ring (bicyclic) bond motifs is 1. The molecule has 0 aliphatic rings. The molecule has 0 radical (unpaired) electrons. The standard InChI is InChI=1S/C11H8FNO4/c1-17-9-3-5(12)2-6-8(14)4-7(11(15)16)13-10(6)9/h2-4H,1H3,(H,13,14)(H,15,16). The van der Waals surface area contributed by atoms with Crippen LogP contribution in [-0.2, 0) is 0 Å². The highest BCUT2D eigenvalue weighted by molar-refractivity contribution is 5.91. The quantitative estimate of drug-likeness (QED) is 0.826. The summed E-state index contributed by atoms with van der Waals surface area (Å²) < 4.78 is 18.1. The highest BCUT2D eigenvalue weighted by atomic mass is 19.1. The molecule has 0 saturated heterocycles. The second-order valence-corrected chi connectivity index (χ2v) is 3.38. The zero-order chi connectivity index (χ0) is 12.6. The molecule has 1 heterocycles. The summed E-state index contributed by atoms with van der Waals surface area (Å²) in [6.45, 7) is 0. The molecule has 0 atom stereocenters. The molecular weight excluding hydrogens is 229 g/mol. The van der Waals surface area contributed by atoms with Crippen LogP contribution in [0.3, 0.4) is 0 Å². The summed E-state index contributed by atoms with van der Waals surface area (Å²) in [5.74, 6) is -1.81. The Hall–Kier alpha value is -2.37. The van der Waals surface area contributed by atoms with Gasteiger partial charge in [0.15, 0.2) is 5.43 Å². The third-order valence-electron chi connectivity index (χ3n) is 2.32. The third-order valence-corrected chi connectivity index (χ3v) is 2.32. The van der Waals surface area contributed by atoms with Crippen molar-refractivity contribution in [1.82, 2.24) is 4.98 Å². The number of benzene rings is 1. The van der Waals surface area contributed by atoms with Gasteiger partial charge in [-0.2, -0.15) is 0 Å². The third kappa shape index (κ3) is 1.84. The molecule has 0 aliphatic carbocycles. The summed E-state index contributed by atoms with van der Waals surface area (Å²) in [5.41, 5.74) is -0.680. The molecule has 0 unspecified atom stereocenters. The molecule has 0 saturated carbocycles. The van der Waals surface area contributed by atoms with Crippen molar-refractivity contribution < 1.29 is 19.0 Å². The van der Waals surface area contributed by atoms with E-state index in [4.69, 9.17) is 9.84 Å². The molecule has 5 nitrogen and oxygen atoms in total. The van der Waals surface area contributed by atoms with Crippen molar-refractivity contribution in [3.05, 3.63) is 39.9 Å². The number of H-pyrrole nitrogens is 1. The number of hydrogen-bond donors (Lipinski definition) is 2. The first-order valence-electron chi connectivity index (χ1n) is 4.67. The second kappa shape index (κ2) is 3.89. The van der Waals surface area contributed by atoms with Crippen molar-refractivity contribution in [2.45, 2.75) is 0 Å². The zero-order valence-electron chi connectivity index (χ0n) is 8.78. The summed E-state index contributed by atoms with van der Waals surface area (Å²) in [4.78, 5) is 24.9. The monoisotopic (exact) mass is 237 g/mol. The number of aromatic amines is 1. The van der Waals surface area contributed by atoms with E-state index in [2.05, 4.69) is 4.98 Å². The number of hydrogen-bond acceptors (Lipinski definition) is 3. The highest BCUT2D eigenvalue weighted by Gasteiger charge is 2.12. The van der Waals surface area contributed by atoms with Crippen LogP contribution < -0.4 is 10.2 Å². The van der Waals surface area contributed by atoms with Gasteiger partial charge in [-0.1, -0.05) is 0 Å².